The maximum Gasteiger partial charge on any atom is 0.241 e. The molecule has 3 aromatic rings. The van der Waals surface area contributed by atoms with E-state index in [1.807, 2.05) is 12.1 Å². The average Bonchev–Trinajstić information content (AvgIpc) is 3.59. The van der Waals surface area contributed by atoms with E-state index in [0.29, 0.717) is 42.8 Å². The Kier molecular flexibility index (Phi) is 5.81. The first kappa shape index (κ1) is 22.0. The molecule has 1 amide bonds. The monoisotopic (exact) mass is 484 g/mol. The van der Waals surface area contributed by atoms with Crippen LogP contribution in [-0.4, -0.2) is 75.3 Å². The predicted octanol–water partition coefficient (Wildman–Crippen LogP) is 2.52. The molecule has 2 aromatic heterocycles. The van der Waals surface area contributed by atoms with Gasteiger partial charge < -0.3 is 19.6 Å². The summed E-state index contributed by atoms with van der Waals surface area (Å²) in [6.07, 6.45) is 5.27. The topological polar surface area (TPSA) is 103 Å². The zero-order chi connectivity index (χ0) is 23.2. The van der Waals surface area contributed by atoms with E-state index in [0.717, 1.165) is 73.6 Å². The van der Waals surface area contributed by atoms with E-state index in [-0.39, 0.29) is 5.91 Å². The molecule has 3 aliphatic rings. The average molecular weight is 485 g/mol. The van der Waals surface area contributed by atoms with Crippen LogP contribution in [0.25, 0.3) is 22.3 Å². The molecule has 2 unspecified atom stereocenters. The molecule has 3 fully saturated rings. The predicted molar refractivity (Wildman–Crippen MR) is 127 cm³/mol. The fraction of sp³-hybridized carbons (Fsp3) is 0.542. The number of likely N-dealkylation sites (tertiary alicyclic amines) is 2. The number of carbonyl (C=O) groups excluding carboxylic acids is 1. The molecule has 0 saturated carbocycles. The third kappa shape index (κ3) is 4.11. The second kappa shape index (κ2) is 8.96. The minimum absolute atomic E-state index is 0.267. The number of ether oxygens (including phenoxy) is 1. The first-order valence-electron chi connectivity index (χ1n) is 12.0. The van der Waals surface area contributed by atoms with Crippen LogP contribution in [0.2, 0.25) is 5.02 Å². The van der Waals surface area contributed by atoms with Crippen molar-refractivity contribution in [3.8, 4) is 11.4 Å². The van der Waals surface area contributed by atoms with E-state index in [9.17, 15) is 4.79 Å². The largest absolute Gasteiger partial charge is 0.381 e. The van der Waals surface area contributed by atoms with E-state index in [2.05, 4.69) is 31.8 Å². The Morgan fingerprint density at radius 1 is 1.18 bits per heavy atom. The van der Waals surface area contributed by atoms with Crippen LogP contribution >= 0.6 is 11.6 Å². The first-order chi connectivity index (χ1) is 16.5. The fourth-order valence-electron chi connectivity index (χ4n) is 5.87. The van der Waals surface area contributed by atoms with Crippen molar-refractivity contribution in [1.29, 1.82) is 0 Å². The number of primary amides is 1. The van der Waals surface area contributed by atoms with Crippen LogP contribution in [-0.2, 0) is 22.6 Å². The van der Waals surface area contributed by atoms with Gasteiger partial charge in [0.05, 0.1) is 23.6 Å². The lowest BCUT2D eigenvalue weighted by Gasteiger charge is -2.32. The van der Waals surface area contributed by atoms with Crippen LogP contribution in [0.5, 0.6) is 0 Å². The lowest BCUT2D eigenvalue weighted by atomic mass is 10.0. The molecule has 0 spiro atoms. The van der Waals surface area contributed by atoms with Gasteiger partial charge in [0.25, 0.3) is 0 Å². The molecule has 0 aliphatic carbocycles. The molecule has 0 radical (unpaired) electrons. The number of carbonyl (C=O) groups is 1. The maximum atomic E-state index is 11.3. The standard InChI is InChI=1S/C24H29ClN6O3/c25-20-3-1-2-18-19(12-31(23(18)20)9-15-4-6-33-7-5-15)24-27-22(34-28-24)14-30-11-16-8-17(30)10-29(16)13-21(26)32/h1-3,12,15-17H,4-11,13-14H2,(H2,26,32). The zero-order valence-electron chi connectivity index (χ0n) is 19.0. The number of rotatable bonds is 7. The van der Waals surface area contributed by atoms with Crippen LogP contribution in [0.1, 0.15) is 25.2 Å². The number of benzene rings is 1. The molecule has 34 heavy (non-hydrogen) atoms. The van der Waals surface area contributed by atoms with Gasteiger partial charge in [0.1, 0.15) is 0 Å². The van der Waals surface area contributed by atoms with Crippen molar-refractivity contribution in [2.45, 2.75) is 44.4 Å². The maximum absolute atomic E-state index is 11.3. The molecule has 2 atom stereocenters. The molecule has 10 heteroatoms. The van der Waals surface area contributed by atoms with Gasteiger partial charge in [-0.15, -0.1) is 0 Å². The molecule has 5 heterocycles. The minimum Gasteiger partial charge on any atom is -0.381 e. The van der Waals surface area contributed by atoms with Gasteiger partial charge in [-0.25, -0.2) is 0 Å². The summed E-state index contributed by atoms with van der Waals surface area (Å²) in [6.45, 7) is 5.21. The molecular weight excluding hydrogens is 456 g/mol. The number of nitrogens with two attached hydrogens (primary N) is 1. The third-order valence-electron chi connectivity index (χ3n) is 7.52. The number of nitrogens with zero attached hydrogens (tertiary/aromatic N) is 5. The van der Waals surface area contributed by atoms with E-state index < -0.39 is 0 Å². The van der Waals surface area contributed by atoms with Gasteiger partial charge in [0, 0.05) is 62.1 Å². The van der Waals surface area contributed by atoms with Crippen molar-refractivity contribution in [1.82, 2.24) is 24.5 Å². The molecule has 9 nitrogen and oxygen atoms in total. The summed E-state index contributed by atoms with van der Waals surface area (Å²) in [5.41, 5.74) is 7.34. The molecule has 2 N–H and O–H groups in total. The van der Waals surface area contributed by atoms with E-state index in [1.54, 1.807) is 0 Å². The minimum atomic E-state index is -0.267. The normalized spacial score (nSPS) is 23.9. The number of para-hydroxylation sites is 1. The summed E-state index contributed by atoms with van der Waals surface area (Å²) < 4.78 is 13.4. The number of hydrogen-bond donors (Lipinski definition) is 1. The van der Waals surface area contributed by atoms with Gasteiger partial charge in [-0.1, -0.05) is 28.9 Å². The number of aromatic nitrogens is 3. The Labute approximate surface area is 202 Å². The summed E-state index contributed by atoms with van der Waals surface area (Å²) in [6, 6.07) is 6.72. The van der Waals surface area contributed by atoms with Gasteiger partial charge in [-0.05, 0) is 31.2 Å². The number of fused-ring (bicyclic) bond motifs is 3. The highest BCUT2D eigenvalue weighted by molar-refractivity contribution is 6.35. The van der Waals surface area contributed by atoms with E-state index in [1.165, 1.54) is 0 Å². The van der Waals surface area contributed by atoms with Gasteiger partial charge in [-0.3, -0.25) is 14.6 Å². The number of halogens is 1. The smallest absolute Gasteiger partial charge is 0.241 e. The first-order valence-corrected chi connectivity index (χ1v) is 12.4. The van der Waals surface area contributed by atoms with E-state index >= 15 is 0 Å². The second-order valence-electron chi connectivity index (χ2n) is 9.77. The number of hydrogen-bond acceptors (Lipinski definition) is 7. The molecule has 1 aromatic carbocycles. The SMILES string of the molecule is NC(=O)CN1CC2CC1CN2Cc1nc(-c2cn(CC3CCOCC3)c3c(Cl)cccc23)no1. The molecule has 180 valence electrons. The summed E-state index contributed by atoms with van der Waals surface area (Å²) in [5, 5.41) is 6.09. The Morgan fingerprint density at radius 3 is 2.74 bits per heavy atom. The Bertz CT molecular complexity index is 1200. The summed E-state index contributed by atoms with van der Waals surface area (Å²) in [7, 11) is 0. The van der Waals surface area contributed by atoms with Crippen LogP contribution in [0.15, 0.2) is 28.9 Å². The summed E-state index contributed by atoms with van der Waals surface area (Å²) >= 11 is 6.63. The highest BCUT2D eigenvalue weighted by atomic mass is 35.5. The number of amides is 1. The summed E-state index contributed by atoms with van der Waals surface area (Å²) in [4.78, 5) is 20.6. The van der Waals surface area contributed by atoms with Crippen molar-refractivity contribution in [2.75, 3.05) is 32.8 Å². The van der Waals surface area contributed by atoms with Crippen LogP contribution in [0, 0.1) is 5.92 Å². The molecule has 3 saturated heterocycles. The van der Waals surface area contributed by atoms with Gasteiger partial charge in [0.2, 0.25) is 17.6 Å². The molecular formula is C24H29ClN6O3. The van der Waals surface area contributed by atoms with Gasteiger partial charge in [0.15, 0.2) is 0 Å². The van der Waals surface area contributed by atoms with Crippen molar-refractivity contribution in [3.63, 3.8) is 0 Å². The van der Waals surface area contributed by atoms with Crippen LogP contribution in [0.3, 0.4) is 0 Å². The molecule has 3 aliphatic heterocycles. The third-order valence-corrected chi connectivity index (χ3v) is 7.82. The Morgan fingerprint density at radius 2 is 1.97 bits per heavy atom. The lowest BCUT2D eigenvalue weighted by Crippen LogP contribution is -2.48. The van der Waals surface area contributed by atoms with Crippen molar-refractivity contribution in [3.05, 3.63) is 35.3 Å². The molecule has 6 rings (SSSR count). The molecule has 2 bridgehead atoms. The van der Waals surface area contributed by atoms with Crippen LogP contribution in [0.4, 0.5) is 0 Å². The zero-order valence-corrected chi connectivity index (χ0v) is 19.8. The Hall–Kier alpha value is -2.46. The van der Waals surface area contributed by atoms with Crippen LogP contribution < -0.4 is 5.73 Å². The highest BCUT2D eigenvalue weighted by Crippen LogP contribution is 2.35. The fourth-order valence-corrected chi connectivity index (χ4v) is 6.15. The van der Waals surface area contributed by atoms with Crippen molar-refractivity contribution in [2.24, 2.45) is 11.7 Å². The Balaban J connectivity index is 1.21. The van der Waals surface area contributed by atoms with Gasteiger partial charge >= 0.3 is 0 Å². The van der Waals surface area contributed by atoms with Crippen molar-refractivity contribution < 1.29 is 14.1 Å². The summed E-state index contributed by atoms with van der Waals surface area (Å²) in [5.74, 6) is 1.50. The van der Waals surface area contributed by atoms with E-state index in [4.69, 9.17) is 31.6 Å². The second-order valence-corrected chi connectivity index (χ2v) is 10.2. The van der Waals surface area contributed by atoms with Crippen molar-refractivity contribution >= 4 is 28.4 Å². The quantitative estimate of drug-likeness (QED) is 0.549. The number of piperazine rings is 1. The lowest BCUT2D eigenvalue weighted by molar-refractivity contribution is -0.119. The highest BCUT2D eigenvalue weighted by Gasteiger charge is 2.43. The van der Waals surface area contributed by atoms with Gasteiger partial charge in [-0.2, -0.15) is 4.98 Å².